The predicted octanol–water partition coefficient (Wildman–Crippen LogP) is 2.17. The number of hydrogen-bond acceptors (Lipinski definition) is 6. The summed E-state index contributed by atoms with van der Waals surface area (Å²) < 4.78 is 0. The fourth-order valence-corrected chi connectivity index (χ4v) is 3.35. The molecular weight excluding hydrogens is 364 g/mol. The van der Waals surface area contributed by atoms with Crippen LogP contribution in [0.4, 0.5) is 11.8 Å². The van der Waals surface area contributed by atoms with Crippen molar-refractivity contribution >= 4 is 17.7 Å². The van der Waals surface area contributed by atoms with Crippen LogP contribution in [0, 0.1) is 0 Å². The Hall–Kier alpha value is -3.48. The molecule has 7 nitrogen and oxygen atoms in total. The molecule has 0 atom stereocenters. The van der Waals surface area contributed by atoms with E-state index in [1.807, 2.05) is 42.6 Å². The molecule has 7 heteroatoms. The van der Waals surface area contributed by atoms with Gasteiger partial charge < -0.3 is 15.1 Å². The molecule has 29 heavy (non-hydrogen) atoms. The van der Waals surface area contributed by atoms with Crippen LogP contribution in [0.1, 0.15) is 15.9 Å². The van der Waals surface area contributed by atoms with E-state index in [9.17, 15) is 4.79 Å². The van der Waals surface area contributed by atoms with Crippen LogP contribution in [0.15, 0.2) is 67.1 Å². The molecule has 3 aromatic rings. The molecule has 1 aromatic carbocycles. The van der Waals surface area contributed by atoms with Gasteiger partial charge in [0.25, 0.3) is 5.91 Å². The molecule has 1 saturated heterocycles. The Kier molecular flexibility index (Phi) is 5.95. The average Bonchev–Trinajstić information content (AvgIpc) is 2.80. The lowest BCUT2D eigenvalue weighted by Crippen LogP contribution is -2.47. The first-order valence-electron chi connectivity index (χ1n) is 9.85. The minimum atomic E-state index is -0.146. The molecule has 0 bridgehead atoms. The Morgan fingerprint density at radius 3 is 2.24 bits per heavy atom. The Labute approximate surface area is 170 Å². The molecule has 0 aliphatic carbocycles. The van der Waals surface area contributed by atoms with E-state index in [2.05, 4.69) is 42.2 Å². The van der Waals surface area contributed by atoms with Crippen LogP contribution in [0.25, 0.3) is 0 Å². The number of rotatable bonds is 6. The number of piperazine rings is 1. The number of hydrogen-bond donors (Lipinski definition) is 1. The van der Waals surface area contributed by atoms with Crippen LogP contribution >= 0.6 is 0 Å². The minimum Gasteiger partial charge on any atom is -0.353 e. The summed E-state index contributed by atoms with van der Waals surface area (Å²) in [4.78, 5) is 29.9. The number of carbonyl (C=O) groups excluding carboxylic acids is 1. The number of anilines is 2. The van der Waals surface area contributed by atoms with Gasteiger partial charge in [-0.1, -0.05) is 36.4 Å². The Morgan fingerprint density at radius 2 is 1.55 bits per heavy atom. The maximum Gasteiger partial charge on any atom is 0.254 e. The van der Waals surface area contributed by atoms with Gasteiger partial charge in [-0.05, 0) is 24.1 Å². The fourth-order valence-electron chi connectivity index (χ4n) is 3.35. The van der Waals surface area contributed by atoms with Crippen molar-refractivity contribution in [3.63, 3.8) is 0 Å². The van der Waals surface area contributed by atoms with E-state index in [4.69, 9.17) is 0 Å². The van der Waals surface area contributed by atoms with Crippen molar-refractivity contribution in [1.82, 2.24) is 20.3 Å². The molecule has 1 fully saturated rings. The molecule has 4 rings (SSSR count). The monoisotopic (exact) mass is 388 g/mol. The zero-order valence-electron chi connectivity index (χ0n) is 16.2. The van der Waals surface area contributed by atoms with Crippen LogP contribution in [-0.4, -0.2) is 53.6 Å². The number of amides is 1. The van der Waals surface area contributed by atoms with Crippen LogP contribution in [0.5, 0.6) is 0 Å². The quantitative estimate of drug-likeness (QED) is 0.698. The third-order valence-corrected chi connectivity index (χ3v) is 4.98. The standard InChI is InChI=1S/C22H24N6O/c29-21(24-11-9-18-6-2-1-3-7-18)19-16-25-22(26-17-19)28-14-12-27(13-15-28)20-8-4-5-10-23-20/h1-8,10,16-17H,9,11-15H2,(H,24,29). The average molecular weight is 388 g/mol. The van der Waals surface area contributed by atoms with E-state index in [1.54, 1.807) is 12.4 Å². The van der Waals surface area contributed by atoms with Crippen LogP contribution < -0.4 is 15.1 Å². The van der Waals surface area contributed by atoms with Gasteiger partial charge in [-0.15, -0.1) is 0 Å². The highest BCUT2D eigenvalue weighted by Crippen LogP contribution is 2.15. The summed E-state index contributed by atoms with van der Waals surface area (Å²) in [6, 6.07) is 16.0. The van der Waals surface area contributed by atoms with Gasteiger partial charge in [0.05, 0.1) is 5.56 Å². The lowest BCUT2D eigenvalue weighted by molar-refractivity contribution is 0.0953. The van der Waals surface area contributed by atoms with Crippen molar-refractivity contribution in [2.75, 3.05) is 42.5 Å². The Balaban J connectivity index is 1.27. The minimum absolute atomic E-state index is 0.146. The Bertz CT molecular complexity index is 909. The van der Waals surface area contributed by atoms with Crippen LogP contribution in [0.3, 0.4) is 0 Å². The lowest BCUT2D eigenvalue weighted by Gasteiger charge is -2.35. The number of carbonyl (C=O) groups is 1. The predicted molar refractivity (Wildman–Crippen MR) is 113 cm³/mol. The molecule has 1 N–H and O–H groups in total. The van der Waals surface area contributed by atoms with Crippen molar-refractivity contribution in [1.29, 1.82) is 0 Å². The number of nitrogens with one attached hydrogen (secondary N) is 1. The zero-order chi connectivity index (χ0) is 19.9. The van der Waals surface area contributed by atoms with Crippen molar-refractivity contribution in [2.24, 2.45) is 0 Å². The summed E-state index contributed by atoms with van der Waals surface area (Å²) in [6.07, 6.45) is 5.82. The molecular formula is C22H24N6O. The number of nitrogens with zero attached hydrogens (tertiary/aromatic N) is 5. The SMILES string of the molecule is O=C(NCCc1ccccc1)c1cnc(N2CCN(c3ccccn3)CC2)nc1. The summed E-state index contributed by atoms with van der Waals surface area (Å²) in [7, 11) is 0. The van der Waals surface area contributed by atoms with Crippen LogP contribution in [-0.2, 0) is 6.42 Å². The molecule has 0 spiro atoms. The van der Waals surface area contributed by atoms with E-state index < -0.39 is 0 Å². The molecule has 0 radical (unpaired) electrons. The summed E-state index contributed by atoms with van der Waals surface area (Å²) >= 11 is 0. The first kappa shape index (κ1) is 18.9. The van der Waals surface area contributed by atoms with Gasteiger partial charge >= 0.3 is 0 Å². The van der Waals surface area contributed by atoms with Gasteiger partial charge in [-0.3, -0.25) is 4.79 Å². The van der Waals surface area contributed by atoms with Gasteiger partial charge in [-0.2, -0.15) is 0 Å². The highest BCUT2D eigenvalue weighted by molar-refractivity contribution is 5.93. The molecule has 1 amide bonds. The highest BCUT2D eigenvalue weighted by atomic mass is 16.1. The Morgan fingerprint density at radius 1 is 0.862 bits per heavy atom. The van der Waals surface area contributed by atoms with E-state index in [0.29, 0.717) is 18.1 Å². The molecule has 1 aliphatic heterocycles. The normalized spacial score (nSPS) is 13.9. The van der Waals surface area contributed by atoms with Crippen molar-refractivity contribution in [3.8, 4) is 0 Å². The molecule has 0 unspecified atom stereocenters. The second kappa shape index (κ2) is 9.14. The second-order valence-electron chi connectivity index (χ2n) is 6.93. The maximum atomic E-state index is 12.3. The van der Waals surface area contributed by atoms with E-state index in [0.717, 1.165) is 38.4 Å². The fraction of sp³-hybridized carbons (Fsp3) is 0.273. The smallest absolute Gasteiger partial charge is 0.254 e. The third-order valence-electron chi connectivity index (χ3n) is 4.98. The first-order chi connectivity index (χ1) is 14.3. The van der Waals surface area contributed by atoms with Crippen molar-refractivity contribution < 1.29 is 4.79 Å². The summed E-state index contributed by atoms with van der Waals surface area (Å²) in [5.74, 6) is 1.51. The van der Waals surface area contributed by atoms with Gasteiger partial charge in [-0.25, -0.2) is 15.0 Å². The number of pyridine rings is 1. The van der Waals surface area contributed by atoms with Gasteiger partial charge in [0.15, 0.2) is 0 Å². The van der Waals surface area contributed by atoms with E-state index in [-0.39, 0.29) is 5.91 Å². The molecule has 148 valence electrons. The highest BCUT2D eigenvalue weighted by Gasteiger charge is 2.20. The summed E-state index contributed by atoms with van der Waals surface area (Å²) in [5.41, 5.74) is 1.68. The van der Waals surface area contributed by atoms with Gasteiger partial charge in [0, 0.05) is 51.3 Å². The van der Waals surface area contributed by atoms with Gasteiger partial charge in [0.1, 0.15) is 5.82 Å². The van der Waals surface area contributed by atoms with E-state index >= 15 is 0 Å². The first-order valence-corrected chi connectivity index (χ1v) is 9.85. The topological polar surface area (TPSA) is 74.2 Å². The second-order valence-corrected chi connectivity index (χ2v) is 6.93. The summed E-state index contributed by atoms with van der Waals surface area (Å²) in [5, 5.41) is 2.92. The van der Waals surface area contributed by atoms with Crippen molar-refractivity contribution in [2.45, 2.75) is 6.42 Å². The number of aromatic nitrogens is 3. The molecule has 3 heterocycles. The van der Waals surface area contributed by atoms with Crippen LogP contribution in [0.2, 0.25) is 0 Å². The zero-order valence-corrected chi connectivity index (χ0v) is 16.2. The van der Waals surface area contributed by atoms with Crippen molar-refractivity contribution in [3.05, 3.63) is 78.2 Å². The maximum absolute atomic E-state index is 12.3. The number of benzene rings is 1. The lowest BCUT2D eigenvalue weighted by atomic mass is 10.1. The van der Waals surface area contributed by atoms with E-state index in [1.165, 1.54) is 5.56 Å². The molecule has 2 aromatic heterocycles. The summed E-state index contributed by atoms with van der Waals surface area (Å²) in [6.45, 7) is 3.95. The molecule has 1 aliphatic rings. The largest absolute Gasteiger partial charge is 0.353 e. The van der Waals surface area contributed by atoms with Gasteiger partial charge in [0.2, 0.25) is 5.95 Å². The third kappa shape index (κ3) is 4.87. The molecule has 0 saturated carbocycles.